The molecule has 8 heteroatoms. The molecule has 0 spiro atoms. The van der Waals surface area contributed by atoms with Crippen molar-refractivity contribution in [3.63, 3.8) is 0 Å². The number of hydrogen-bond donors (Lipinski definition) is 0. The van der Waals surface area contributed by atoms with Crippen LogP contribution < -0.4 is 9.64 Å². The van der Waals surface area contributed by atoms with E-state index in [4.69, 9.17) is 4.74 Å². The number of sulfonamides is 1. The van der Waals surface area contributed by atoms with Crippen molar-refractivity contribution in [1.82, 2.24) is 9.29 Å². The molecule has 0 bridgehead atoms. The Kier molecular flexibility index (Phi) is 7.29. The largest absolute Gasteiger partial charge is 0.457 e. The summed E-state index contributed by atoms with van der Waals surface area (Å²) in [5.41, 5.74) is 2.70. The first kappa shape index (κ1) is 26.5. The highest BCUT2D eigenvalue weighted by molar-refractivity contribution is 7.89. The van der Waals surface area contributed by atoms with Gasteiger partial charge in [0.25, 0.3) is 0 Å². The Balaban J connectivity index is 1.58. The Morgan fingerprint density at radius 2 is 1.60 bits per heavy atom. The summed E-state index contributed by atoms with van der Waals surface area (Å²) in [5, 5.41) is 0. The predicted molar refractivity (Wildman–Crippen MR) is 155 cm³/mol. The molecular weight excluding hydrogens is 525 g/mol. The van der Waals surface area contributed by atoms with E-state index in [0.29, 0.717) is 34.9 Å². The fourth-order valence-electron chi connectivity index (χ4n) is 5.99. The number of rotatable bonds is 5. The molecule has 3 aromatic carbocycles. The number of aromatic nitrogens is 1. The maximum absolute atomic E-state index is 14.4. The van der Waals surface area contributed by atoms with Gasteiger partial charge in [-0.3, -0.25) is 4.98 Å². The summed E-state index contributed by atoms with van der Waals surface area (Å²) in [7, 11) is -2.16. The van der Waals surface area contributed by atoms with E-state index in [1.165, 1.54) is 18.6 Å². The number of ether oxygens (including phenoxy) is 1. The molecule has 6 rings (SSSR count). The standard InChI is InChI=1S/C32H32FN3O3S/c1-35-30(24-8-4-2-5-9-24)22-36(26-10-6-3-7-11-26)29-21-31(39-27-16-18-34-19-17-27)28(20-32(29)40(35,37)38)23-12-14-25(33)15-13-23/h3,6-7,10-21,24,30H,2,4-5,8-9,22H2,1H3/t30-/m0/s1. The summed E-state index contributed by atoms with van der Waals surface area (Å²) in [6, 6.07) is 22.7. The zero-order chi connectivity index (χ0) is 27.7. The number of pyridine rings is 1. The van der Waals surface area contributed by atoms with E-state index < -0.39 is 10.0 Å². The zero-order valence-corrected chi connectivity index (χ0v) is 23.2. The van der Waals surface area contributed by atoms with Crippen LogP contribution in [0.3, 0.4) is 0 Å². The minimum atomic E-state index is -3.87. The van der Waals surface area contributed by atoms with Gasteiger partial charge in [0.2, 0.25) is 10.0 Å². The second-order valence-corrected chi connectivity index (χ2v) is 12.5. The normalized spacial score (nSPS) is 19.6. The molecular formula is C32H32FN3O3S. The Hall–Kier alpha value is -3.75. The summed E-state index contributed by atoms with van der Waals surface area (Å²) < 4.78 is 50.5. The van der Waals surface area contributed by atoms with E-state index in [-0.39, 0.29) is 22.7 Å². The van der Waals surface area contributed by atoms with Crippen LogP contribution in [0.2, 0.25) is 0 Å². The Labute approximate surface area is 235 Å². The molecule has 2 heterocycles. The lowest BCUT2D eigenvalue weighted by atomic mass is 9.83. The van der Waals surface area contributed by atoms with Crippen LogP contribution in [0.4, 0.5) is 15.8 Å². The van der Waals surface area contributed by atoms with E-state index in [1.807, 2.05) is 36.4 Å². The van der Waals surface area contributed by atoms with Crippen molar-refractivity contribution in [2.24, 2.45) is 5.92 Å². The molecule has 40 heavy (non-hydrogen) atoms. The molecule has 206 valence electrons. The number of anilines is 2. The van der Waals surface area contributed by atoms with E-state index in [1.54, 1.807) is 54.1 Å². The first-order chi connectivity index (χ1) is 19.4. The van der Waals surface area contributed by atoms with Gasteiger partial charge in [-0.15, -0.1) is 0 Å². The minimum absolute atomic E-state index is 0.184. The topological polar surface area (TPSA) is 62.7 Å². The van der Waals surface area contributed by atoms with Crippen LogP contribution in [0.15, 0.2) is 96.2 Å². The summed E-state index contributed by atoms with van der Waals surface area (Å²) in [6.07, 6.45) is 8.74. The second kappa shape index (κ2) is 11.0. The monoisotopic (exact) mass is 557 g/mol. The third kappa shape index (κ3) is 5.09. The average molecular weight is 558 g/mol. The van der Waals surface area contributed by atoms with Crippen molar-refractivity contribution in [3.8, 4) is 22.6 Å². The van der Waals surface area contributed by atoms with Crippen molar-refractivity contribution >= 4 is 21.4 Å². The summed E-state index contributed by atoms with van der Waals surface area (Å²) in [4.78, 5) is 6.40. The second-order valence-electron chi connectivity index (χ2n) is 10.5. The molecule has 4 aromatic rings. The minimum Gasteiger partial charge on any atom is -0.457 e. The van der Waals surface area contributed by atoms with Gasteiger partial charge in [-0.1, -0.05) is 49.6 Å². The van der Waals surface area contributed by atoms with Crippen LogP contribution in [0.25, 0.3) is 11.1 Å². The van der Waals surface area contributed by atoms with Crippen LogP contribution in [-0.4, -0.2) is 37.3 Å². The summed E-state index contributed by atoms with van der Waals surface area (Å²) in [6.45, 7) is 0.530. The van der Waals surface area contributed by atoms with Gasteiger partial charge >= 0.3 is 0 Å². The van der Waals surface area contributed by atoms with Crippen LogP contribution in [0, 0.1) is 11.7 Å². The number of benzene rings is 3. The first-order valence-electron chi connectivity index (χ1n) is 13.7. The maximum Gasteiger partial charge on any atom is 0.245 e. The van der Waals surface area contributed by atoms with Gasteiger partial charge in [0.15, 0.2) is 0 Å². The fraction of sp³-hybridized carbons (Fsp3) is 0.281. The van der Waals surface area contributed by atoms with Gasteiger partial charge in [-0.25, -0.2) is 12.8 Å². The number of nitrogens with zero attached hydrogens (tertiary/aromatic N) is 3. The number of hydrogen-bond acceptors (Lipinski definition) is 5. The van der Waals surface area contributed by atoms with Crippen LogP contribution >= 0.6 is 0 Å². The molecule has 0 saturated heterocycles. The lowest BCUT2D eigenvalue weighted by molar-refractivity contribution is 0.218. The van der Waals surface area contributed by atoms with Crippen molar-refractivity contribution in [2.45, 2.75) is 43.0 Å². The smallest absolute Gasteiger partial charge is 0.245 e. The van der Waals surface area contributed by atoms with Gasteiger partial charge in [0, 0.05) is 49.3 Å². The Bertz CT molecular complexity index is 1580. The van der Waals surface area contributed by atoms with E-state index in [0.717, 1.165) is 31.4 Å². The molecule has 1 aliphatic heterocycles. The van der Waals surface area contributed by atoms with E-state index in [2.05, 4.69) is 9.88 Å². The number of halogens is 1. The van der Waals surface area contributed by atoms with Gasteiger partial charge in [0.05, 0.1) is 5.69 Å². The highest BCUT2D eigenvalue weighted by Crippen LogP contribution is 2.46. The van der Waals surface area contributed by atoms with E-state index >= 15 is 0 Å². The number of para-hydroxylation sites is 1. The van der Waals surface area contributed by atoms with Crippen LogP contribution in [-0.2, 0) is 10.0 Å². The Morgan fingerprint density at radius 3 is 2.30 bits per heavy atom. The molecule has 0 amide bonds. The summed E-state index contributed by atoms with van der Waals surface area (Å²) in [5.74, 6) is 0.955. The van der Waals surface area contributed by atoms with Gasteiger partial charge < -0.3 is 9.64 Å². The first-order valence-corrected chi connectivity index (χ1v) is 15.2. The lowest BCUT2D eigenvalue weighted by Gasteiger charge is -2.36. The molecule has 0 N–H and O–H groups in total. The van der Waals surface area contributed by atoms with Gasteiger partial charge in [-0.2, -0.15) is 4.31 Å². The van der Waals surface area contributed by atoms with Crippen molar-refractivity contribution in [3.05, 3.63) is 97.1 Å². The van der Waals surface area contributed by atoms with Crippen molar-refractivity contribution in [1.29, 1.82) is 0 Å². The number of fused-ring (bicyclic) bond motifs is 1. The molecule has 1 aromatic heterocycles. The highest BCUT2D eigenvalue weighted by atomic mass is 32.2. The predicted octanol–water partition coefficient (Wildman–Crippen LogP) is 7.40. The molecule has 6 nitrogen and oxygen atoms in total. The molecule has 1 atom stereocenters. The Morgan fingerprint density at radius 1 is 0.900 bits per heavy atom. The number of likely N-dealkylation sites (N-methyl/N-ethyl adjacent to an activating group) is 1. The zero-order valence-electron chi connectivity index (χ0n) is 22.4. The van der Waals surface area contributed by atoms with Crippen molar-refractivity contribution in [2.75, 3.05) is 18.5 Å². The summed E-state index contributed by atoms with van der Waals surface area (Å²) >= 11 is 0. The molecule has 2 aliphatic rings. The lowest BCUT2D eigenvalue weighted by Crippen LogP contribution is -2.46. The fourth-order valence-corrected chi connectivity index (χ4v) is 7.60. The average Bonchev–Trinajstić information content (AvgIpc) is 3.07. The molecule has 1 fully saturated rings. The SMILES string of the molecule is CN1[C@H](C2CCCCC2)CN(c2ccccc2)c2cc(Oc3ccncc3)c(-c3ccc(F)cc3)cc2S1(=O)=O. The molecule has 1 aliphatic carbocycles. The maximum atomic E-state index is 14.4. The van der Waals surface area contributed by atoms with Gasteiger partial charge in [-0.05, 0) is 66.8 Å². The third-order valence-corrected chi connectivity index (χ3v) is 10.1. The van der Waals surface area contributed by atoms with Crippen LogP contribution in [0.1, 0.15) is 32.1 Å². The highest BCUT2D eigenvalue weighted by Gasteiger charge is 2.41. The van der Waals surface area contributed by atoms with Crippen molar-refractivity contribution < 1.29 is 17.5 Å². The quantitative estimate of drug-likeness (QED) is 0.256. The third-order valence-electron chi connectivity index (χ3n) is 8.14. The van der Waals surface area contributed by atoms with Crippen LogP contribution in [0.5, 0.6) is 11.5 Å². The molecule has 1 saturated carbocycles. The molecule has 0 radical (unpaired) electrons. The van der Waals surface area contributed by atoms with E-state index in [9.17, 15) is 12.8 Å². The van der Waals surface area contributed by atoms with Gasteiger partial charge in [0.1, 0.15) is 22.2 Å². The molecule has 0 unspecified atom stereocenters.